The predicted molar refractivity (Wildman–Crippen MR) is 90.6 cm³/mol. The van der Waals surface area contributed by atoms with Gasteiger partial charge in [-0.3, -0.25) is 4.90 Å². The Kier molecular flexibility index (Phi) is 5.49. The summed E-state index contributed by atoms with van der Waals surface area (Å²) in [5.41, 5.74) is 0.675. The fourth-order valence-electron chi connectivity index (χ4n) is 4.01. The van der Waals surface area contributed by atoms with Crippen LogP contribution in [-0.4, -0.2) is 29.2 Å². The van der Waals surface area contributed by atoms with Gasteiger partial charge >= 0.3 is 0 Å². The molecule has 0 spiro atoms. The fourth-order valence-corrected chi connectivity index (χ4v) is 4.32. The van der Waals surface area contributed by atoms with E-state index in [0.717, 1.165) is 32.2 Å². The lowest BCUT2D eigenvalue weighted by molar-refractivity contribution is -0.118. The van der Waals surface area contributed by atoms with E-state index in [9.17, 15) is 5.11 Å². The van der Waals surface area contributed by atoms with Gasteiger partial charge in [0.05, 0.1) is 15.6 Å². The molecule has 118 valence electrons. The molecule has 21 heavy (non-hydrogen) atoms. The number of benzene rings is 1. The lowest BCUT2D eigenvalue weighted by atomic mass is 9.66. The van der Waals surface area contributed by atoms with Crippen LogP contribution in [0.2, 0.25) is 10.0 Å². The third-order valence-electron chi connectivity index (χ3n) is 5.10. The van der Waals surface area contributed by atoms with Gasteiger partial charge in [-0.25, -0.2) is 0 Å². The molecule has 1 heterocycles. The van der Waals surface area contributed by atoms with Crippen LogP contribution in [0.4, 0.5) is 0 Å². The van der Waals surface area contributed by atoms with E-state index in [1.165, 1.54) is 12.0 Å². The molecule has 1 N–H and O–H groups in total. The van der Waals surface area contributed by atoms with Gasteiger partial charge in [0.25, 0.3) is 0 Å². The quantitative estimate of drug-likeness (QED) is 0.792. The highest BCUT2D eigenvalue weighted by atomic mass is 35.5. The summed E-state index contributed by atoms with van der Waals surface area (Å²) in [6.07, 6.45) is 5.25. The molecule has 0 bridgehead atoms. The molecule has 1 aromatic rings. The molecule has 1 saturated carbocycles. The number of fused-ring (bicyclic) bond motifs is 1. The number of nitrogens with zero attached hydrogens (tertiary/aromatic N) is 1. The summed E-state index contributed by atoms with van der Waals surface area (Å²) >= 11 is 12.2. The van der Waals surface area contributed by atoms with E-state index in [4.69, 9.17) is 23.2 Å². The Morgan fingerprint density at radius 1 is 1.19 bits per heavy atom. The van der Waals surface area contributed by atoms with E-state index in [2.05, 4.69) is 18.0 Å². The zero-order valence-electron chi connectivity index (χ0n) is 12.2. The third kappa shape index (κ3) is 3.20. The Hall–Kier alpha value is 0.01000. The minimum atomic E-state index is -0.498. The van der Waals surface area contributed by atoms with Crippen molar-refractivity contribution in [2.45, 2.75) is 43.7 Å². The van der Waals surface area contributed by atoms with Crippen molar-refractivity contribution in [2.24, 2.45) is 5.92 Å². The summed E-state index contributed by atoms with van der Waals surface area (Å²) < 4.78 is 0. The van der Waals surface area contributed by atoms with Crippen LogP contribution in [0.3, 0.4) is 0 Å². The maximum atomic E-state index is 11.0. The van der Waals surface area contributed by atoms with Crippen LogP contribution < -0.4 is 0 Å². The van der Waals surface area contributed by atoms with Crippen molar-refractivity contribution in [1.29, 1.82) is 0 Å². The van der Waals surface area contributed by atoms with Crippen molar-refractivity contribution in [3.05, 3.63) is 33.8 Å². The van der Waals surface area contributed by atoms with Gasteiger partial charge in [0, 0.05) is 18.5 Å². The molecule has 5 heteroatoms. The average Bonchev–Trinajstić information content (AvgIpc) is 2.43. The highest BCUT2D eigenvalue weighted by Gasteiger charge is 2.47. The first kappa shape index (κ1) is 17.4. The van der Waals surface area contributed by atoms with E-state index >= 15 is 0 Å². The number of aliphatic hydroxyl groups is 1. The number of halogens is 3. The second kappa shape index (κ2) is 6.64. The Labute approximate surface area is 142 Å². The third-order valence-corrected chi connectivity index (χ3v) is 5.84. The largest absolute Gasteiger partial charge is 0.389 e. The molecule has 1 saturated heterocycles. The minimum absolute atomic E-state index is 0. The molecule has 1 aliphatic carbocycles. The zero-order valence-corrected chi connectivity index (χ0v) is 14.5. The van der Waals surface area contributed by atoms with Crippen molar-refractivity contribution in [2.75, 3.05) is 13.6 Å². The van der Waals surface area contributed by atoms with Crippen LogP contribution in [0.25, 0.3) is 0 Å². The standard InChI is InChI=1S/C16H21Cl2NO.ClH/c1-19-9-8-16(20)7-3-2-4-12(16)15(19)11-5-6-13(17)14(18)10-11;/h5-6,10,12,15,20H,2-4,7-9H2,1H3;1H. The van der Waals surface area contributed by atoms with Crippen molar-refractivity contribution >= 4 is 35.6 Å². The molecule has 1 aliphatic heterocycles. The normalized spacial score (nSPS) is 33.1. The van der Waals surface area contributed by atoms with Gasteiger partial charge in [-0.2, -0.15) is 0 Å². The molecule has 2 fully saturated rings. The van der Waals surface area contributed by atoms with Crippen molar-refractivity contribution in [3.63, 3.8) is 0 Å². The second-order valence-corrected chi connectivity index (χ2v) is 7.12. The van der Waals surface area contributed by atoms with Gasteiger partial charge in [-0.1, -0.05) is 42.1 Å². The van der Waals surface area contributed by atoms with E-state index in [-0.39, 0.29) is 18.4 Å². The van der Waals surface area contributed by atoms with Crippen LogP contribution in [-0.2, 0) is 0 Å². The molecule has 1 aromatic carbocycles. The lowest BCUT2D eigenvalue weighted by Crippen LogP contribution is -2.53. The van der Waals surface area contributed by atoms with Crippen LogP contribution >= 0.6 is 35.6 Å². The SMILES string of the molecule is CN1CCC2(O)CCCCC2C1c1ccc(Cl)c(Cl)c1.Cl. The fraction of sp³-hybridized carbons (Fsp3) is 0.625. The first-order valence-electron chi connectivity index (χ1n) is 7.39. The topological polar surface area (TPSA) is 23.5 Å². The summed E-state index contributed by atoms with van der Waals surface area (Å²) in [6.45, 7) is 0.928. The molecule has 2 aliphatic rings. The van der Waals surface area contributed by atoms with Crippen LogP contribution in [0.5, 0.6) is 0 Å². The van der Waals surface area contributed by atoms with Gasteiger partial charge in [0.2, 0.25) is 0 Å². The van der Waals surface area contributed by atoms with Crippen LogP contribution in [0.1, 0.15) is 43.7 Å². The Morgan fingerprint density at radius 3 is 2.67 bits per heavy atom. The Bertz CT molecular complexity index is 510. The van der Waals surface area contributed by atoms with Gasteiger partial charge in [-0.15, -0.1) is 12.4 Å². The monoisotopic (exact) mass is 349 g/mol. The van der Waals surface area contributed by atoms with E-state index < -0.39 is 5.60 Å². The molecule has 0 aromatic heterocycles. The van der Waals surface area contributed by atoms with E-state index in [0.29, 0.717) is 16.0 Å². The smallest absolute Gasteiger partial charge is 0.0706 e. The average molecular weight is 351 g/mol. The summed E-state index contributed by atoms with van der Waals surface area (Å²) in [5, 5.41) is 12.2. The van der Waals surface area contributed by atoms with Crippen molar-refractivity contribution in [1.82, 2.24) is 4.90 Å². The maximum absolute atomic E-state index is 11.0. The number of hydrogen-bond acceptors (Lipinski definition) is 2. The number of piperidine rings is 1. The molecule has 2 nitrogen and oxygen atoms in total. The van der Waals surface area contributed by atoms with E-state index in [1.54, 1.807) is 0 Å². The lowest BCUT2D eigenvalue weighted by Gasteiger charge is -2.51. The predicted octanol–water partition coefficient (Wildman–Crippen LogP) is 4.71. The van der Waals surface area contributed by atoms with Crippen molar-refractivity contribution in [3.8, 4) is 0 Å². The molecular formula is C16H22Cl3NO. The molecule has 3 unspecified atom stereocenters. The van der Waals surface area contributed by atoms with E-state index in [1.807, 2.05) is 12.1 Å². The number of hydrogen-bond donors (Lipinski definition) is 1. The van der Waals surface area contributed by atoms with Crippen molar-refractivity contribution < 1.29 is 5.11 Å². The number of rotatable bonds is 1. The Morgan fingerprint density at radius 2 is 1.95 bits per heavy atom. The highest BCUT2D eigenvalue weighted by Crippen LogP contribution is 2.49. The van der Waals surface area contributed by atoms with Gasteiger partial charge in [0.1, 0.15) is 0 Å². The van der Waals surface area contributed by atoms with Gasteiger partial charge in [0.15, 0.2) is 0 Å². The van der Waals surface area contributed by atoms with Gasteiger partial charge < -0.3 is 5.11 Å². The number of likely N-dealkylation sites (tertiary alicyclic amines) is 1. The molecule has 0 amide bonds. The van der Waals surface area contributed by atoms with Crippen LogP contribution in [0, 0.1) is 5.92 Å². The van der Waals surface area contributed by atoms with Crippen LogP contribution in [0.15, 0.2) is 18.2 Å². The molecule has 3 atom stereocenters. The second-order valence-electron chi connectivity index (χ2n) is 6.30. The summed E-state index contributed by atoms with van der Waals surface area (Å²) in [6, 6.07) is 6.12. The molecule has 3 rings (SSSR count). The molecular weight excluding hydrogens is 329 g/mol. The summed E-state index contributed by atoms with van der Waals surface area (Å²) in [7, 11) is 2.14. The molecule has 0 radical (unpaired) electrons. The first-order chi connectivity index (χ1) is 9.51. The highest BCUT2D eigenvalue weighted by molar-refractivity contribution is 6.42. The minimum Gasteiger partial charge on any atom is -0.389 e. The summed E-state index contributed by atoms with van der Waals surface area (Å²) in [5.74, 6) is 0.298. The first-order valence-corrected chi connectivity index (χ1v) is 8.14. The van der Waals surface area contributed by atoms with Gasteiger partial charge in [-0.05, 0) is 44.0 Å². The Balaban J connectivity index is 0.00000161. The summed E-state index contributed by atoms with van der Waals surface area (Å²) in [4.78, 5) is 2.35. The zero-order chi connectivity index (χ0) is 14.3. The maximum Gasteiger partial charge on any atom is 0.0706 e.